The summed E-state index contributed by atoms with van der Waals surface area (Å²) in [6.07, 6.45) is 3.50. The topological polar surface area (TPSA) is 39.3 Å². The Morgan fingerprint density at radius 3 is 2.15 bits per heavy atom. The van der Waals surface area contributed by atoms with Crippen LogP contribution in [0.25, 0.3) is 10.9 Å². The molecule has 4 aromatic rings. The van der Waals surface area contributed by atoms with Crippen molar-refractivity contribution in [2.75, 3.05) is 26.2 Å². The minimum absolute atomic E-state index is 0.151. The molecule has 1 amide bonds. The molecule has 0 saturated carbocycles. The maximum Gasteiger partial charge on any atom is 0.223 e. The number of piperazine rings is 1. The molecule has 1 aromatic heterocycles. The molecular formula is C29H31N3O. The maximum atomic E-state index is 13.4. The first-order valence-corrected chi connectivity index (χ1v) is 11.9. The van der Waals surface area contributed by atoms with E-state index in [1.807, 2.05) is 6.07 Å². The smallest absolute Gasteiger partial charge is 0.223 e. The van der Waals surface area contributed by atoms with Crippen LogP contribution in [0.1, 0.15) is 29.0 Å². The van der Waals surface area contributed by atoms with Gasteiger partial charge in [0.2, 0.25) is 5.91 Å². The number of amides is 1. The van der Waals surface area contributed by atoms with Gasteiger partial charge in [-0.2, -0.15) is 0 Å². The standard InChI is InChI=1S/C29H31N3O/c33-29(32-17-15-31(16-18-32)22-24-11-5-2-6-12-24)20-25(19-23-9-3-1-4-10-23)27-21-30-28-14-8-7-13-26(27)28/h1-14,21,25,30H,15-20,22H2. The number of nitrogens with zero attached hydrogens (tertiary/aromatic N) is 2. The van der Waals surface area contributed by atoms with Crippen molar-refractivity contribution >= 4 is 16.8 Å². The quantitative estimate of drug-likeness (QED) is 0.430. The minimum atomic E-state index is 0.151. The van der Waals surface area contributed by atoms with Crippen molar-refractivity contribution in [3.05, 3.63) is 108 Å². The Labute approximate surface area is 195 Å². The van der Waals surface area contributed by atoms with Crippen LogP contribution in [0.3, 0.4) is 0 Å². The zero-order valence-electron chi connectivity index (χ0n) is 19.0. The summed E-state index contributed by atoms with van der Waals surface area (Å²) in [5.74, 6) is 0.416. The van der Waals surface area contributed by atoms with Crippen molar-refractivity contribution in [2.45, 2.75) is 25.3 Å². The Bertz CT molecular complexity index is 1180. The first-order valence-electron chi connectivity index (χ1n) is 11.9. The summed E-state index contributed by atoms with van der Waals surface area (Å²) in [6, 6.07) is 29.5. The summed E-state index contributed by atoms with van der Waals surface area (Å²) in [7, 11) is 0. The molecule has 5 rings (SSSR count). The van der Waals surface area contributed by atoms with Gasteiger partial charge in [0.05, 0.1) is 0 Å². The molecule has 2 heterocycles. The van der Waals surface area contributed by atoms with Gasteiger partial charge in [0.25, 0.3) is 0 Å². The monoisotopic (exact) mass is 437 g/mol. The number of aromatic nitrogens is 1. The van der Waals surface area contributed by atoms with Crippen molar-refractivity contribution in [1.29, 1.82) is 0 Å². The number of H-pyrrole nitrogens is 1. The van der Waals surface area contributed by atoms with Crippen LogP contribution < -0.4 is 0 Å². The van der Waals surface area contributed by atoms with Crippen molar-refractivity contribution in [2.24, 2.45) is 0 Å². The van der Waals surface area contributed by atoms with E-state index < -0.39 is 0 Å². The number of carbonyl (C=O) groups excluding carboxylic acids is 1. The summed E-state index contributed by atoms with van der Waals surface area (Å²) in [5, 5.41) is 1.22. The Balaban J connectivity index is 1.27. The first-order chi connectivity index (χ1) is 16.3. The number of para-hydroxylation sites is 1. The molecule has 3 aromatic carbocycles. The van der Waals surface area contributed by atoms with Crippen LogP contribution in [0.5, 0.6) is 0 Å². The summed E-state index contributed by atoms with van der Waals surface area (Å²) in [5.41, 5.74) is 4.98. The molecule has 0 radical (unpaired) electrons. The molecule has 33 heavy (non-hydrogen) atoms. The highest BCUT2D eigenvalue weighted by Gasteiger charge is 2.26. The van der Waals surface area contributed by atoms with E-state index in [0.717, 1.165) is 44.7 Å². The van der Waals surface area contributed by atoms with E-state index in [-0.39, 0.29) is 11.8 Å². The number of hydrogen-bond acceptors (Lipinski definition) is 2. The van der Waals surface area contributed by atoms with Crippen LogP contribution >= 0.6 is 0 Å². The average molecular weight is 438 g/mol. The second-order valence-corrected chi connectivity index (χ2v) is 9.02. The highest BCUT2D eigenvalue weighted by Crippen LogP contribution is 2.31. The Morgan fingerprint density at radius 1 is 0.788 bits per heavy atom. The fraction of sp³-hybridized carbons (Fsp3) is 0.276. The van der Waals surface area contributed by atoms with Crippen molar-refractivity contribution < 1.29 is 4.79 Å². The molecule has 0 bridgehead atoms. The van der Waals surface area contributed by atoms with Crippen molar-refractivity contribution in [3.63, 3.8) is 0 Å². The van der Waals surface area contributed by atoms with E-state index in [0.29, 0.717) is 6.42 Å². The predicted octanol–water partition coefficient (Wildman–Crippen LogP) is 5.23. The van der Waals surface area contributed by atoms with Crippen LogP contribution in [-0.4, -0.2) is 46.9 Å². The molecule has 1 N–H and O–H groups in total. The molecule has 168 valence electrons. The van der Waals surface area contributed by atoms with E-state index in [4.69, 9.17) is 0 Å². The fourth-order valence-electron chi connectivity index (χ4n) is 4.96. The number of nitrogens with one attached hydrogen (secondary N) is 1. The number of hydrogen-bond donors (Lipinski definition) is 1. The molecule has 4 heteroatoms. The molecule has 1 saturated heterocycles. The normalized spacial score (nSPS) is 15.6. The van der Waals surface area contributed by atoms with Crippen LogP contribution in [-0.2, 0) is 17.8 Å². The third kappa shape index (κ3) is 5.18. The molecule has 1 aliphatic rings. The van der Waals surface area contributed by atoms with E-state index >= 15 is 0 Å². The van der Waals surface area contributed by atoms with Crippen LogP contribution in [0.2, 0.25) is 0 Å². The third-order valence-electron chi connectivity index (χ3n) is 6.78. The maximum absolute atomic E-state index is 13.4. The molecule has 1 fully saturated rings. The number of benzene rings is 3. The average Bonchev–Trinajstić information content (AvgIpc) is 3.30. The van der Waals surface area contributed by atoms with Gasteiger partial charge in [0.1, 0.15) is 0 Å². The van der Waals surface area contributed by atoms with Gasteiger partial charge in [-0.1, -0.05) is 78.9 Å². The highest BCUT2D eigenvalue weighted by atomic mass is 16.2. The van der Waals surface area contributed by atoms with Gasteiger partial charge in [0.15, 0.2) is 0 Å². The van der Waals surface area contributed by atoms with Crippen molar-refractivity contribution in [3.8, 4) is 0 Å². The SMILES string of the molecule is O=C(CC(Cc1ccccc1)c1c[nH]c2ccccc12)N1CCN(Cc2ccccc2)CC1. The summed E-state index contributed by atoms with van der Waals surface area (Å²) < 4.78 is 0. The van der Waals surface area contributed by atoms with Gasteiger partial charge < -0.3 is 9.88 Å². The van der Waals surface area contributed by atoms with Crippen molar-refractivity contribution in [1.82, 2.24) is 14.8 Å². The van der Waals surface area contributed by atoms with Gasteiger partial charge in [-0.25, -0.2) is 0 Å². The lowest BCUT2D eigenvalue weighted by molar-refractivity contribution is -0.133. The van der Waals surface area contributed by atoms with E-state index in [2.05, 4.69) is 99.8 Å². The van der Waals surface area contributed by atoms with Crippen LogP contribution in [0.15, 0.2) is 91.1 Å². The van der Waals surface area contributed by atoms with E-state index in [1.165, 1.54) is 22.1 Å². The fourth-order valence-corrected chi connectivity index (χ4v) is 4.96. The lowest BCUT2D eigenvalue weighted by Crippen LogP contribution is -2.48. The van der Waals surface area contributed by atoms with E-state index in [1.54, 1.807) is 0 Å². The molecule has 1 aliphatic heterocycles. The molecular weight excluding hydrogens is 406 g/mol. The number of carbonyl (C=O) groups is 1. The second kappa shape index (κ2) is 10.1. The van der Waals surface area contributed by atoms with Gasteiger partial charge in [-0.3, -0.25) is 9.69 Å². The van der Waals surface area contributed by atoms with Crippen LogP contribution in [0.4, 0.5) is 0 Å². The van der Waals surface area contributed by atoms with Crippen LogP contribution in [0, 0.1) is 0 Å². The highest BCUT2D eigenvalue weighted by molar-refractivity contribution is 5.85. The largest absolute Gasteiger partial charge is 0.361 e. The zero-order chi connectivity index (χ0) is 22.5. The number of fused-ring (bicyclic) bond motifs is 1. The number of aromatic amines is 1. The molecule has 1 atom stereocenters. The number of rotatable bonds is 7. The zero-order valence-corrected chi connectivity index (χ0v) is 19.0. The summed E-state index contributed by atoms with van der Waals surface area (Å²) in [6.45, 7) is 4.41. The lowest BCUT2D eigenvalue weighted by Gasteiger charge is -2.35. The molecule has 1 unspecified atom stereocenters. The Kier molecular flexibility index (Phi) is 6.54. The summed E-state index contributed by atoms with van der Waals surface area (Å²) >= 11 is 0. The van der Waals surface area contributed by atoms with Gasteiger partial charge in [-0.15, -0.1) is 0 Å². The van der Waals surface area contributed by atoms with Gasteiger partial charge in [0, 0.05) is 56.2 Å². The molecule has 0 aliphatic carbocycles. The first kappa shape index (κ1) is 21.5. The molecule has 4 nitrogen and oxygen atoms in total. The second-order valence-electron chi connectivity index (χ2n) is 9.02. The summed E-state index contributed by atoms with van der Waals surface area (Å²) in [4.78, 5) is 21.3. The lowest BCUT2D eigenvalue weighted by atomic mass is 9.88. The predicted molar refractivity (Wildman–Crippen MR) is 134 cm³/mol. The Morgan fingerprint density at radius 2 is 1.42 bits per heavy atom. The van der Waals surface area contributed by atoms with Gasteiger partial charge >= 0.3 is 0 Å². The minimum Gasteiger partial charge on any atom is -0.361 e. The van der Waals surface area contributed by atoms with Gasteiger partial charge in [-0.05, 0) is 35.1 Å². The third-order valence-corrected chi connectivity index (χ3v) is 6.78. The van der Waals surface area contributed by atoms with E-state index in [9.17, 15) is 4.79 Å². The molecule has 0 spiro atoms. The Hall–Kier alpha value is -3.37.